The largest absolute Gasteiger partial charge is 0.455 e. The Morgan fingerprint density at radius 2 is 1.13 bits per heavy atom. The fourth-order valence-electron chi connectivity index (χ4n) is 7.50. The van der Waals surface area contributed by atoms with Gasteiger partial charge in [-0.15, -0.1) is 0 Å². The van der Waals surface area contributed by atoms with Crippen LogP contribution in [0.3, 0.4) is 0 Å². The van der Waals surface area contributed by atoms with Crippen molar-refractivity contribution in [2.75, 3.05) is 0 Å². The lowest BCUT2D eigenvalue weighted by molar-refractivity contribution is 0.489. The van der Waals surface area contributed by atoms with Gasteiger partial charge in [-0.05, 0) is 83.7 Å². The van der Waals surface area contributed by atoms with E-state index in [0.717, 1.165) is 88.0 Å². The van der Waals surface area contributed by atoms with Crippen molar-refractivity contribution in [2.24, 2.45) is 0 Å². The monoisotopic (exact) mass is 601 g/mol. The Morgan fingerprint density at radius 3 is 1.98 bits per heavy atom. The van der Waals surface area contributed by atoms with Gasteiger partial charge in [0.1, 0.15) is 11.5 Å². The second kappa shape index (κ2) is 10.2. The van der Waals surface area contributed by atoms with Gasteiger partial charge in [-0.1, -0.05) is 152 Å². The SMILES string of the molecule is [2H]c1c([2H])c([2H])c(-c2c3ccccc3c(-c3ccc4cccc5c4c3Oc3ccc(-c4ccccc4)cc3-5)c3ccc4ccccc4c23)c([2H])c1[2H]. The van der Waals surface area contributed by atoms with Crippen LogP contribution in [0.2, 0.25) is 0 Å². The van der Waals surface area contributed by atoms with Gasteiger partial charge in [0, 0.05) is 22.1 Å². The molecule has 1 heterocycles. The number of hydrogen-bond acceptors (Lipinski definition) is 1. The molecule has 0 bridgehead atoms. The van der Waals surface area contributed by atoms with Crippen molar-refractivity contribution in [3.63, 3.8) is 0 Å². The first-order chi connectivity index (χ1) is 25.4. The van der Waals surface area contributed by atoms with Crippen LogP contribution in [0, 0.1) is 0 Å². The molecule has 9 aromatic rings. The summed E-state index contributed by atoms with van der Waals surface area (Å²) < 4.78 is 50.7. The Balaban J connectivity index is 1.34. The zero-order valence-corrected chi connectivity index (χ0v) is 25.2. The highest BCUT2D eigenvalue weighted by molar-refractivity contribution is 6.28. The van der Waals surface area contributed by atoms with E-state index in [1.54, 1.807) is 0 Å². The number of hydrogen-bond donors (Lipinski definition) is 0. The lowest BCUT2D eigenvalue weighted by Gasteiger charge is -2.26. The second-order valence-corrected chi connectivity index (χ2v) is 12.0. The summed E-state index contributed by atoms with van der Waals surface area (Å²) in [6.07, 6.45) is 0. The molecule has 218 valence electrons. The van der Waals surface area contributed by atoms with Crippen molar-refractivity contribution in [3.8, 4) is 56.0 Å². The molecular weight excluding hydrogens is 569 g/mol. The predicted octanol–water partition coefficient (Wildman–Crippen LogP) is 13.1. The smallest absolute Gasteiger partial charge is 0.143 e. The zero-order valence-electron chi connectivity index (χ0n) is 30.2. The average molecular weight is 602 g/mol. The highest BCUT2D eigenvalue weighted by atomic mass is 16.5. The first-order valence-corrected chi connectivity index (χ1v) is 15.8. The van der Waals surface area contributed by atoms with Gasteiger partial charge in [-0.3, -0.25) is 0 Å². The molecule has 0 N–H and O–H groups in total. The molecule has 0 saturated heterocycles. The van der Waals surface area contributed by atoms with Crippen molar-refractivity contribution < 1.29 is 11.6 Å². The molecule has 0 saturated carbocycles. The maximum atomic E-state index is 9.08. The number of rotatable bonds is 3. The minimum atomic E-state index is -0.409. The minimum Gasteiger partial charge on any atom is -0.455 e. The minimum absolute atomic E-state index is 0.191. The Labute approximate surface area is 280 Å². The molecule has 0 atom stereocenters. The summed E-state index contributed by atoms with van der Waals surface area (Å²) in [7, 11) is 0. The van der Waals surface area contributed by atoms with E-state index in [-0.39, 0.29) is 29.7 Å². The lowest BCUT2D eigenvalue weighted by Crippen LogP contribution is -2.00. The van der Waals surface area contributed by atoms with E-state index in [1.807, 2.05) is 42.5 Å². The van der Waals surface area contributed by atoms with Gasteiger partial charge in [0.15, 0.2) is 0 Å². The Morgan fingerprint density at radius 1 is 0.404 bits per heavy atom. The third-order valence-electron chi connectivity index (χ3n) is 9.52. The molecule has 9 aromatic carbocycles. The van der Waals surface area contributed by atoms with Crippen molar-refractivity contribution in [2.45, 2.75) is 0 Å². The van der Waals surface area contributed by atoms with Gasteiger partial charge < -0.3 is 4.74 Å². The predicted molar refractivity (Wildman–Crippen MR) is 198 cm³/mol. The quantitative estimate of drug-likeness (QED) is 0.145. The van der Waals surface area contributed by atoms with Crippen molar-refractivity contribution in [3.05, 3.63) is 170 Å². The van der Waals surface area contributed by atoms with E-state index in [9.17, 15) is 0 Å². The van der Waals surface area contributed by atoms with Crippen LogP contribution in [-0.2, 0) is 0 Å². The summed E-state index contributed by atoms with van der Waals surface area (Å²) in [4.78, 5) is 0. The third kappa shape index (κ3) is 3.90. The van der Waals surface area contributed by atoms with Crippen LogP contribution < -0.4 is 4.74 Å². The summed E-state index contributed by atoms with van der Waals surface area (Å²) in [6.45, 7) is 0. The van der Waals surface area contributed by atoms with Gasteiger partial charge in [0.05, 0.1) is 6.85 Å². The van der Waals surface area contributed by atoms with Crippen LogP contribution in [0.1, 0.15) is 6.85 Å². The normalized spacial score (nSPS) is 13.5. The maximum absolute atomic E-state index is 9.08. The fraction of sp³-hybridized carbons (Fsp3) is 0. The van der Waals surface area contributed by atoms with Gasteiger partial charge >= 0.3 is 0 Å². The van der Waals surface area contributed by atoms with Gasteiger partial charge in [0.25, 0.3) is 0 Å². The van der Waals surface area contributed by atoms with Gasteiger partial charge in [-0.2, -0.15) is 0 Å². The van der Waals surface area contributed by atoms with Crippen LogP contribution in [0.5, 0.6) is 11.5 Å². The summed E-state index contributed by atoms with van der Waals surface area (Å²) in [6, 6.07) is 46.1. The third-order valence-corrected chi connectivity index (χ3v) is 9.52. The number of fused-ring (bicyclic) bond motifs is 6. The first kappa shape index (κ1) is 21.5. The second-order valence-electron chi connectivity index (χ2n) is 12.0. The van der Waals surface area contributed by atoms with E-state index in [2.05, 4.69) is 97.1 Å². The molecule has 1 aliphatic heterocycles. The summed E-state index contributed by atoms with van der Waals surface area (Å²) >= 11 is 0. The van der Waals surface area contributed by atoms with Crippen molar-refractivity contribution in [1.29, 1.82) is 0 Å². The molecule has 0 aromatic heterocycles. The Bertz CT molecular complexity index is 2960. The van der Waals surface area contributed by atoms with Crippen molar-refractivity contribution in [1.82, 2.24) is 0 Å². The van der Waals surface area contributed by atoms with E-state index in [1.165, 1.54) is 0 Å². The average Bonchev–Trinajstić information content (AvgIpc) is 3.19. The van der Waals surface area contributed by atoms with E-state index in [4.69, 9.17) is 11.6 Å². The molecule has 0 unspecified atom stereocenters. The zero-order chi connectivity index (χ0) is 35.2. The highest BCUT2D eigenvalue weighted by Crippen LogP contribution is 2.54. The highest BCUT2D eigenvalue weighted by Gasteiger charge is 2.26. The van der Waals surface area contributed by atoms with Crippen LogP contribution in [0.25, 0.3) is 87.6 Å². The van der Waals surface area contributed by atoms with Crippen LogP contribution in [0.4, 0.5) is 0 Å². The maximum Gasteiger partial charge on any atom is 0.143 e. The van der Waals surface area contributed by atoms with Crippen molar-refractivity contribution >= 4 is 43.1 Å². The summed E-state index contributed by atoms with van der Waals surface area (Å²) in [5, 5.41) is 7.45. The molecule has 47 heavy (non-hydrogen) atoms. The molecule has 0 radical (unpaired) electrons. The van der Waals surface area contributed by atoms with E-state index in [0.29, 0.717) is 5.56 Å². The lowest BCUT2D eigenvalue weighted by atomic mass is 9.82. The van der Waals surface area contributed by atoms with E-state index >= 15 is 0 Å². The molecule has 1 heteroatoms. The molecule has 0 amide bonds. The molecule has 0 fully saturated rings. The molecular formula is C46H28O. The molecule has 0 aliphatic carbocycles. The Kier molecular flexibility index (Phi) is 4.66. The van der Waals surface area contributed by atoms with Gasteiger partial charge in [0.2, 0.25) is 0 Å². The molecule has 10 rings (SSSR count). The van der Waals surface area contributed by atoms with Crippen LogP contribution in [0.15, 0.2) is 170 Å². The topological polar surface area (TPSA) is 9.23 Å². The Hall–Kier alpha value is -6.18. The van der Waals surface area contributed by atoms with E-state index < -0.39 is 6.04 Å². The molecule has 1 aliphatic rings. The van der Waals surface area contributed by atoms with Crippen LogP contribution >= 0.6 is 0 Å². The molecule has 1 nitrogen and oxygen atoms in total. The standard InChI is InChI=1S/C46H28O/c1-3-12-29(13-4-1)33-24-27-41-40(28-33)37-21-11-17-32-23-26-39(46(47-41)43(32)37)44-36-20-10-9-19-35(36)42(31-15-5-2-6-16-31)45-34-18-8-7-14-30(34)22-25-38(44)45/h1-28H/i2D,5D,6D,15D,16D. The van der Waals surface area contributed by atoms with Crippen LogP contribution in [-0.4, -0.2) is 0 Å². The number of benzene rings is 9. The first-order valence-electron chi connectivity index (χ1n) is 18.3. The number of ether oxygens (including phenoxy) is 1. The summed E-state index contributed by atoms with van der Waals surface area (Å²) in [5.74, 6) is 1.55. The fourth-order valence-corrected chi connectivity index (χ4v) is 7.50. The summed E-state index contributed by atoms with van der Waals surface area (Å²) in [5.41, 5.74) is 7.09. The van der Waals surface area contributed by atoms with Gasteiger partial charge in [-0.25, -0.2) is 0 Å². The molecule has 0 spiro atoms.